The first-order chi connectivity index (χ1) is 11.0. The first kappa shape index (κ1) is 18.6. The maximum atomic E-state index is 12.9. The average Bonchev–Trinajstić information content (AvgIpc) is 2.45. The molecular weight excluding hydrogens is 338 g/mol. The van der Waals surface area contributed by atoms with Gasteiger partial charge in [-0.1, -0.05) is 6.07 Å². The van der Waals surface area contributed by atoms with Gasteiger partial charge in [-0.15, -0.1) is 0 Å². The van der Waals surface area contributed by atoms with E-state index in [0.29, 0.717) is 38.1 Å². The molecule has 1 aromatic rings. The van der Waals surface area contributed by atoms with E-state index in [1.165, 1.54) is 0 Å². The second kappa shape index (κ2) is 6.62. The number of nitrogens with two attached hydrogens (primary N) is 1. The van der Waals surface area contributed by atoms with Gasteiger partial charge in [-0.2, -0.15) is 26.3 Å². The van der Waals surface area contributed by atoms with Crippen LogP contribution in [0.4, 0.5) is 26.3 Å². The number of primary amides is 1. The van der Waals surface area contributed by atoms with E-state index in [2.05, 4.69) is 0 Å². The Bertz CT molecular complexity index is 603. The molecule has 134 valence electrons. The summed E-state index contributed by atoms with van der Waals surface area (Å²) < 4.78 is 76.9. The summed E-state index contributed by atoms with van der Waals surface area (Å²) in [7, 11) is 0. The van der Waals surface area contributed by atoms with E-state index in [1.54, 1.807) is 4.90 Å². The number of piperidine rings is 1. The molecule has 1 amide bonds. The van der Waals surface area contributed by atoms with E-state index >= 15 is 0 Å². The molecule has 0 spiro atoms. The van der Waals surface area contributed by atoms with Gasteiger partial charge in [-0.25, -0.2) is 0 Å². The van der Waals surface area contributed by atoms with Crippen molar-refractivity contribution in [3.8, 4) is 0 Å². The lowest BCUT2D eigenvalue weighted by molar-refractivity contribution is -0.162. The standard InChI is InChI=1S/C15H16F6N2O/c16-14(17,18)11-2-1-9(7-12(11)15(19,20)21)8-23-5-3-10(4-6-23)13(22)24/h1-2,7,10H,3-6,8H2,(H2,22,24). The lowest BCUT2D eigenvalue weighted by Gasteiger charge is -2.30. The van der Waals surface area contributed by atoms with Gasteiger partial charge in [0.15, 0.2) is 0 Å². The number of nitrogens with zero attached hydrogens (tertiary/aromatic N) is 1. The minimum absolute atomic E-state index is 0.0900. The summed E-state index contributed by atoms with van der Waals surface area (Å²) in [4.78, 5) is 12.9. The fourth-order valence-electron chi connectivity index (χ4n) is 2.81. The van der Waals surface area contributed by atoms with Crippen molar-refractivity contribution in [2.75, 3.05) is 13.1 Å². The molecule has 0 saturated carbocycles. The maximum Gasteiger partial charge on any atom is 0.417 e. The van der Waals surface area contributed by atoms with E-state index in [0.717, 1.165) is 6.07 Å². The Morgan fingerprint density at radius 2 is 1.58 bits per heavy atom. The number of rotatable bonds is 3. The summed E-state index contributed by atoms with van der Waals surface area (Å²) in [5.74, 6) is -0.678. The van der Waals surface area contributed by atoms with Crippen molar-refractivity contribution in [2.24, 2.45) is 11.7 Å². The molecule has 1 heterocycles. The highest BCUT2D eigenvalue weighted by molar-refractivity contribution is 5.76. The smallest absolute Gasteiger partial charge is 0.369 e. The van der Waals surface area contributed by atoms with Crippen LogP contribution in [0.3, 0.4) is 0 Å². The Morgan fingerprint density at radius 3 is 2.04 bits per heavy atom. The number of carbonyl (C=O) groups excluding carboxylic acids is 1. The van der Waals surface area contributed by atoms with Gasteiger partial charge in [0.2, 0.25) is 5.91 Å². The van der Waals surface area contributed by atoms with Crippen LogP contribution in [0, 0.1) is 5.92 Å². The Labute approximate surface area is 134 Å². The zero-order chi connectivity index (χ0) is 18.1. The summed E-state index contributed by atoms with van der Waals surface area (Å²) in [5.41, 5.74) is 1.98. The van der Waals surface area contributed by atoms with E-state index in [9.17, 15) is 31.1 Å². The predicted octanol–water partition coefficient (Wildman–Crippen LogP) is 3.42. The van der Waals surface area contributed by atoms with Crippen LogP contribution in [-0.4, -0.2) is 23.9 Å². The fraction of sp³-hybridized carbons (Fsp3) is 0.533. The van der Waals surface area contributed by atoms with Gasteiger partial charge in [0.1, 0.15) is 0 Å². The van der Waals surface area contributed by atoms with Gasteiger partial charge >= 0.3 is 12.4 Å². The van der Waals surface area contributed by atoms with Crippen molar-refractivity contribution >= 4 is 5.91 Å². The Morgan fingerprint density at radius 1 is 1.04 bits per heavy atom. The van der Waals surface area contributed by atoms with Gasteiger partial charge in [0.25, 0.3) is 0 Å². The van der Waals surface area contributed by atoms with Crippen LogP contribution in [0.1, 0.15) is 29.5 Å². The highest BCUT2D eigenvalue weighted by atomic mass is 19.4. The Balaban J connectivity index is 2.17. The topological polar surface area (TPSA) is 46.3 Å². The van der Waals surface area contributed by atoms with E-state index in [-0.39, 0.29) is 18.0 Å². The Hall–Kier alpha value is -1.77. The second-order valence-corrected chi connectivity index (χ2v) is 5.83. The summed E-state index contributed by atoms with van der Waals surface area (Å²) in [6, 6.07) is 2.07. The van der Waals surface area contributed by atoms with Gasteiger partial charge in [0, 0.05) is 12.5 Å². The van der Waals surface area contributed by atoms with E-state index in [4.69, 9.17) is 5.73 Å². The van der Waals surface area contributed by atoms with Crippen molar-refractivity contribution in [1.29, 1.82) is 0 Å². The summed E-state index contributed by atoms with van der Waals surface area (Å²) in [6.07, 6.45) is -9.17. The molecule has 1 aromatic carbocycles. The van der Waals surface area contributed by atoms with Crippen molar-refractivity contribution in [3.63, 3.8) is 0 Å². The molecule has 24 heavy (non-hydrogen) atoms. The molecule has 3 nitrogen and oxygen atoms in total. The fourth-order valence-corrected chi connectivity index (χ4v) is 2.81. The Kier molecular flexibility index (Phi) is 5.12. The number of amides is 1. The first-order valence-corrected chi connectivity index (χ1v) is 7.27. The molecular formula is C15H16F6N2O. The number of likely N-dealkylation sites (tertiary alicyclic amines) is 1. The monoisotopic (exact) mass is 354 g/mol. The third-order valence-electron chi connectivity index (χ3n) is 4.09. The maximum absolute atomic E-state index is 12.9. The predicted molar refractivity (Wildman–Crippen MR) is 73.6 cm³/mol. The van der Waals surface area contributed by atoms with Crippen LogP contribution in [0.15, 0.2) is 18.2 Å². The molecule has 0 unspecified atom stereocenters. The van der Waals surface area contributed by atoms with E-state index < -0.39 is 29.4 Å². The molecule has 0 radical (unpaired) electrons. The molecule has 0 aliphatic carbocycles. The quantitative estimate of drug-likeness (QED) is 0.846. The third-order valence-corrected chi connectivity index (χ3v) is 4.09. The van der Waals surface area contributed by atoms with Gasteiger partial charge in [0.05, 0.1) is 11.1 Å². The summed E-state index contributed by atoms with van der Waals surface area (Å²) in [5, 5.41) is 0. The van der Waals surface area contributed by atoms with Crippen LogP contribution in [0.25, 0.3) is 0 Å². The molecule has 2 N–H and O–H groups in total. The number of benzene rings is 1. The lowest BCUT2D eigenvalue weighted by atomic mass is 9.95. The molecule has 2 rings (SSSR count). The van der Waals surface area contributed by atoms with Crippen LogP contribution in [-0.2, 0) is 23.7 Å². The molecule has 9 heteroatoms. The molecule has 1 saturated heterocycles. The zero-order valence-electron chi connectivity index (χ0n) is 12.5. The highest BCUT2D eigenvalue weighted by Crippen LogP contribution is 2.40. The number of alkyl halides is 6. The van der Waals surface area contributed by atoms with Crippen LogP contribution in [0.2, 0.25) is 0 Å². The van der Waals surface area contributed by atoms with Crippen molar-refractivity contribution in [1.82, 2.24) is 4.90 Å². The molecule has 0 aromatic heterocycles. The lowest BCUT2D eigenvalue weighted by Crippen LogP contribution is -2.38. The summed E-state index contributed by atoms with van der Waals surface area (Å²) >= 11 is 0. The van der Waals surface area contributed by atoms with Crippen LogP contribution in [0.5, 0.6) is 0 Å². The van der Waals surface area contributed by atoms with Gasteiger partial charge in [-0.3, -0.25) is 9.69 Å². The number of carbonyl (C=O) groups is 1. The average molecular weight is 354 g/mol. The third kappa shape index (κ3) is 4.40. The number of hydrogen-bond donors (Lipinski definition) is 1. The second-order valence-electron chi connectivity index (χ2n) is 5.83. The van der Waals surface area contributed by atoms with Crippen LogP contribution >= 0.6 is 0 Å². The summed E-state index contributed by atoms with van der Waals surface area (Å²) in [6.45, 7) is 0.999. The van der Waals surface area contributed by atoms with Gasteiger partial charge in [-0.05, 0) is 43.6 Å². The molecule has 1 fully saturated rings. The minimum Gasteiger partial charge on any atom is -0.369 e. The van der Waals surface area contributed by atoms with Crippen LogP contribution < -0.4 is 5.73 Å². The SMILES string of the molecule is NC(=O)C1CCN(Cc2ccc(C(F)(F)F)c(C(F)(F)F)c2)CC1. The van der Waals surface area contributed by atoms with E-state index in [1.807, 2.05) is 0 Å². The molecule has 1 aliphatic heterocycles. The van der Waals surface area contributed by atoms with Crippen molar-refractivity contribution < 1.29 is 31.1 Å². The minimum atomic E-state index is -5.08. The highest BCUT2D eigenvalue weighted by Gasteiger charge is 2.43. The molecule has 0 bridgehead atoms. The van der Waals surface area contributed by atoms with Gasteiger partial charge < -0.3 is 5.73 Å². The normalized spacial score (nSPS) is 17.9. The van der Waals surface area contributed by atoms with Crippen molar-refractivity contribution in [2.45, 2.75) is 31.7 Å². The molecule has 1 aliphatic rings. The van der Waals surface area contributed by atoms with Crippen molar-refractivity contribution in [3.05, 3.63) is 34.9 Å². The zero-order valence-corrected chi connectivity index (χ0v) is 12.5. The largest absolute Gasteiger partial charge is 0.417 e. The number of hydrogen-bond acceptors (Lipinski definition) is 2. The first-order valence-electron chi connectivity index (χ1n) is 7.27. The molecule has 0 atom stereocenters. The number of halogens is 6.